The number of benzene rings is 1. The number of hydrogen-bond acceptors (Lipinski definition) is 5. The maximum absolute atomic E-state index is 11.8. The lowest BCUT2D eigenvalue weighted by atomic mass is 10.1. The fraction of sp³-hybridized carbons (Fsp3) is 0.480. The van der Waals surface area contributed by atoms with E-state index >= 15 is 0 Å². The Kier molecular flexibility index (Phi) is 11.3. The monoisotopic (exact) mass is 410 g/mol. The molecule has 162 valence electrons. The Labute approximate surface area is 180 Å². The number of pyridine rings is 1. The summed E-state index contributed by atoms with van der Waals surface area (Å²) < 4.78 is 5.30. The van der Waals surface area contributed by atoms with E-state index in [1.165, 1.54) is 25.7 Å². The summed E-state index contributed by atoms with van der Waals surface area (Å²) in [6, 6.07) is 9.87. The van der Waals surface area contributed by atoms with Gasteiger partial charge in [-0.05, 0) is 32.3 Å². The van der Waals surface area contributed by atoms with Crippen LogP contribution in [0.2, 0.25) is 0 Å². The van der Waals surface area contributed by atoms with E-state index in [2.05, 4.69) is 16.7 Å². The zero-order valence-electron chi connectivity index (χ0n) is 18.1. The highest BCUT2D eigenvalue weighted by molar-refractivity contribution is 5.97. The molecule has 1 unspecified atom stereocenters. The first-order valence-corrected chi connectivity index (χ1v) is 11.0. The molecule has 1 atom stereocenters. The molecule has 0 radical (unpaired) electrons. The van der Waals surface area contributed by atoms with Crippen molar-refractivity contribution in [2.45, 2.75) is 70.8 Å². The number of oxime groups is 1. The normalized spacial score (nSPS) is 12.2. The van der Waals surface area contributed by atoms with Crippen molar-refractivity contribution in [1.82, 2.24) is 4.98 Å². The molecule has 0 spiro atoms. The lowest BCUT2D eigenvalue weighted by Crippen LogP contribution is -2.12. The Morgan fingerprint density at radius 2 is 1.90 bits per heavy atom. The largest absolute Gasteiger partial charge is 0.466 e. The fourth-order valence-corrected chi connectivity index (χ4v) is 3.15. The minimum atomic E-state index is -0.132. The van der Waals surface area contributed by atoms with Crippen molar-refractivity contribution in [1.29, 1.82) is 0 Å². The van der Waals surface area contributed by atoms with Gasteiger partial charge in [-0.1, -0.05) is 61.2 Å². The first-order valence-electron chi connectivity index (χ1n) is 11.0. The molecule has 0 aliphatic carbocycles. The summed E-state index contributed by atoms with van der Waals surface area (Å²) in [4.78, 5) is 21.7. The van der Waals surface area contributed by atoms with Gasteiger partial charge in [0.25, 0.3) is 0 Å². The molecular weight excluding hydrogens is 376 g/mol. The van der Waals surface area contributed by atoms with Crippen LogP contribution in [0.5, 0.6) is 0 Å². The van der Waals surface area contributed by atoms with Crippen molar-refractivity contribution in [3.8, 4) is 0 Å². The molecule has 0 amide bonds. The minimum absolute atomic E-state index is 0.126. The number of carbonyl (C=O) groups excluding carboxylic acids is 1. The average molecular weight is 411 g/mol. The van der Waals surface area contributed by atoms with E-state index < -0.39 is 0 Å². The van der Waals surface area contributed by atoms with E-state index in [9.17, 15) is 4.79 Å². The smallest absolute Gasteiger partial charge is 0.305 e. The molecular formula is C25H34N2O3. The highest BCUT2D eigenvalue weighted by atomic mass is 16.6. The Morgan fingerprint density at radius 3 is 2.73 bits per heavy atom. The van der Waals surface area contributed by atoms with Crippen LogP contribution in [-0.2, 0) is 14.4 Å². The van der Waals surface area contributed by atoms with Crippen LogP contribution in [0.4, 0.5) is 0 Å². The van der Waals surface area contributed by atoms with Crippen molar-refractivity contribution in [2.75, 3.05) is 6.61 Å². The van der Waals surface area contributed by atoms with Gasteiger partial charge in [0.15, 0.2) is 0 Å². The number of hydrogen-bond donors (Lipinski definition) is 0. The summed E-state index contributed by atoms with van der Waals surface area (Å²) in [6.07, 6.45) is 14.3. The molecule has 0 N–H and O–H groups in total. The zero-order valence-corrected chi connectivity index (χ0v) is 18.1. The Hall–Kier alpha value is -2.69. The number of fused-ring (bicyclic) bond motifs is 1. The van der Waals surface area contributed by atoms with Crippen molar-refractivity contribution < 1.29 is 14.4 Å². The van der Waals surface area contributed by atoms with Crippen molar-refractivity contribution in [2.24, 2.45) is 5.16 Å². The quantitative estimate of drug-likeness (QED) is 0.115. The van der Waals surface area contributed by atoms with Crippen LogP contribution in [0, 0.1) is 0 Å². The van der Waals surface area contributed by atoms with E-state index in [-0.39, 0.29) is 12.1 Å². The number of rotatable bonds is 15. The SMILES string of the molecule is C=CCCCCCCCCC(=O)OCCC(C)O/N=C/c1cccc2cccnc12. The van der Waals surface area contributed by atoms with Crippen molar-refractivity contribution >= 4 is 23.1 Å². The van der Waals surface area contributed by atoms with Crippen LogP contribution >= 0.6 is 0 Å². The molecule has 0 bridgehead atoms. The van der Waals surface area contributed by atoms with Crippen molar-refractivity contribution in [3.05, 3.63) is 54.7 Å². The molecule has 2 aromatic rings. The van der Waals surface area contributed by atoms with E-state index in [1.807, 2.05) is 43.3 Å². The molecule has 0 fully saturated rings. The summed E-state index contributed by atoms with van der Waals surface area (Å²) in [5.41, 5.74) is 1.80. The van der Waals surface area contributed by atoms with Gasteiger partial charge in [-0.3, -0.25) is 9.78 Å². The molecule has 1 aromatic heterocycles. The third-order valence-electron chi connectivity index (χ3n) is 4.92. The number of nitrogens with zero attached hydrogens (tertiary/aromatic N) is 2. The number of para-hydroxylation sites is 1. The molecule has 0 aliphatic heterocycles. The van der Waals surface area contributed by atoms with Crippen LogP contribution in [-0.4, -0.2) is 29.9 Å². The standard InChI is InChI=1S/C25H34N2O3/c1-3-4-5-6-7-8-9-10-16-24(28)29-19-17-21(2)30-27-20-23-14-11-13-22-15-12-18-26-25(22)23/h3,11-15,18,20-21H,1,4-10,16-17,19H2,2H3/b27-20+. The maximum Gasteiger partial charge on any atom is 0.305 e. The number of aromatic nitrogens is 1. The van der Waals surface area contributed by atoms with E-state index in [1.54, 1.807) is 12.4 Å². The molecule has 0 saturated heterocycles. The topological polar surface area (TPSA) is 60.8 Å². The molecule has 1 heterocycles. The number of ether oxygens (including phenoxy) is 1. The predicted molar refractivity (Wildman–Crippen MR) is 123 cm³/mol. The second kappa shape index (κ2) is 14.3. The third-order valence-corrected chi connectivity index (χ3v) is 4.92. The molecule has 5 nitrogen and oxygen atoms in total. The van der Waals surface area contributed by atoms with Gasteiger partial charge in [0.1, 0.15) is 6.10 Å². The zero-order chi connectivity index (χ0) is 21.4. The highest BCUT2D eigenvalue weighted by Gasteiger charge is 2.07. The summed E-state index contributed by atoms with van der Waals surface area (Å²) in [6.45, 7) is 6.00. The number of esters is 1. The van der Waals surface area contributed by atoms with Gasteiger partial charge >= 0.3 is 5.97 Å². The molecule has 2 rings (SSSR count). The fourth-order valence-electron chi connectivity index (χ4n) is 3.15. The first-order chi connectivity index (χ1) is 14.7. The molecule has 0 aliphatic rings. The highest BCUT2D eigenvalue weighted by Crippen LogP contribution is 2.14. The summed E-state index contributed by atoms with van der Waals surface area (Å²) >= 11 is 0. The van der Waals surface area contributed by atoms with E-state index in [0.717, 1.165) is 35.7 Å². The summed E-state index contributed by atoms with van der Waals surface area (Å²) in [5.74, 6) is -0.126. The second-order valence-corrected chi connectivity index (χ2v) is 7.53. The van der Waals surface area contributed by atoms with Gasteiger partial charge in [0.05, 0.1) is 18.3 Å². The first kappa shape index (κ1) is 23.6. The van der Waals surface area contributed by atoms with Crippen LogP contribution in [0.15, 0.2) is 54.3 Å². The van der Waals surface area contributed by atoms with E-state index in [4.69, 9.17) is 9.57 Å². The molecule has 0 saturated carbocycles. The Bertz CT molecular complexity index is 799. The lowest BCUT2D eigenvalue weighted by molar-refractivity contribution is -0.144. The number of allylic oxidation sites excluding steroid dienone is 1. The van der Waals surface area contributed by atoms with E-state index in [0.29, 0.717) is 19.4 Å². The molecule has 30 heavy (non-hydrogen) atoms. The summed E-state index contributed by atoms with van der Waals surface area (Å²) in [5, 5.41) is 5.14. The van der Waals surface area contributed by atoms with Gasteiger partial charge in [0, 0.05) is 30.0 Å². The predicted octanol–water partition coefficient (Wildman–Crippen LogP) is 6.21. The van der Waals surface area contributed by atoms with Crippen molar-refractivity contribution in [3.63, 3.8) is 0 Å². The van der Waals surface area contributed by atoms with Crippen LogP contribution in [0.3, 0.4) is 0 Å². The van der Waals surface area contributed by atoms with Gasteiger partial charge in [-0.2, -0.15) is 0 Å². The Balaban J connectivity index is 1.55. The number of unbranched alkanes of at least 4 members (excludes halogenated alkanes) is 6. The Morgan fingerprint density at radius 1 is 1.13 bits per heavy atom. The minimum Gasteiger partial charge on any atom is -0.466 e. The van der Waals surface area contributed by atoms with Gasteiger partial charge < -0.3 is 9.57 Å². The third kappa shape index (κ3) is 9.21. The van der Waals surface area contributed by atoms with Gasteiger partial charge in [-0.25, -0.2) is 0 Å². The lowest BCUT2D eigenvalue weighted by Gasteiger charge is -2.10. The summed E-state index contributed by atoms with van der Waals surface area (Å²) in [7, 11) is 0. The van der Waals surface area contributed by atoms with Crippen LogP contribution in [0.1, 0.15) is 70.3 Å². The maximum atomic E-state index is 11.8. The number of carbonyl (C=O) groups is 1. The van der Waals surface area contributed by atoms with Crippen LogP contribution < -0.4 is 0 Å². The molecule has 5 heteroatoms. The van der Waals surface area contributed by atoms with Crippen LogP contribution in [0.25, 0.3) is 10.9 Å². The molecule has 1 aromatic carbocycles. The van der Waals surface area contributed by atoms with Gasteiger partial charge in [-0.15, -0.1) is 6.58 Å². The second-order valence-electron chi connectivity index (χ2n) is 7.53. The average Bonchev–Trinajstić information content (AvgIpc) is 2.76. The van der Waals surface area contributed by atoms with Gasteiger partial charge in [0.2, 0.25) is 0 Å².